The Morgan fingerprint density at radius 3 is 2.46 bits per heavy atom. The molecule has 0 atom stereocenters. The zero-order valence-corrected chi connectivity index (χ0v) is 10.7. The van der Waals surface area contributed by atoms with E-state index in [9.17, 15) is 0 Å². The van der Waals surface area contributed by atoms with Crippen LogP contribution in [0.2, 0.25) is 0 Å². The van der Waals surface area contributed by atoms with E-state index < -0.39 is 0 Å². The summed E-state index contributed by atoms with van der Waals surface area (Å²) in [6.45, 7) is 0. The van der Waals surface area contributed by atoms with Crippen LogP contribution in [0.3, 0.4) is 0 Å². The zero-order valence-electron chi connectivity index (χ0n) is 7.47. The molecule has 0 saturated heterocycles. The van der Waals surface area contributed by atoms with E-state index in [1.807, 2.05) is 25.3 Å². The number of aromatic nitrogens is 2. The van der Waals surface area contributed by atoms with E-state index in [0.29, 0.717) is 0 Å². The van der Waals surface area contributed by atoms with Crippen molar-refractivity contribution in [3.8, 4) is 0 Å². The molecule has 72 valence electrons. The minimum absolute atomic E-state index is 0.809. The average Bonchev–Trinajstić information content (AvgIpc) is 2.52. The molecule has 7 heteroatoms. The van der Waals surface area contributed by atoms with Gasteiger partial charge < -0.3 is 4.90 Å². The van der Waals surface area contributed by atoms with Crippen LogP contribution >= 0.6 is 47.1 Å². The highest BCUT2D eigenvalue weighted by Crippen LogP contribution is 2.28. The molecule has 1 aromatic rings. The Morgan fingerprint density at radius 1 is 1.38 bits per heavy atom. The third kappa shape index (κ3) is 3.41. The van der Waals surface area contributed by atoms with Gasteiger partial charge in [0.25, 0.3) is 0 Å². The van der Waals surface area contributed by atoms with E-state index in [1.54, 1.807) is 23.1 Å². The maximum atomic E-state index is 5.13. The number of hydrogen-bond donors (Lipinski definition) is 0. The van der Waals surface area contributed by atoms with Gasteiger partial charge in [-0.1, -0.05) is 35.3 Å². The number of nitrogens with zero attached hydrogens (tertiary/aromatic N) is 3. The Labute approximate surface area is 95.3 Å². The molecule has 0 aliphatic heterocycles. The van der Waals surface area contributed by atoms with Crippen LogP contribution in [0.1, 0.15) is 0 Å². The highest BCUT2D eigenvalue weighted by molar-refractivity contribution is 8.23. The number of rotatable bonds is 2. The van der Waals surface area contributed by atoms with Crippen molar-refractivity contribution in [2.24, 2.45) is 0 Å². The molecule has 0 aromatic carbocycles. The fourth-order valence-corrected chi connectivity index (χ4v) is 3.10. The first-order valence-corrected chi connectivity index (χ1v) is 6.66. The van der Waals surface area contributed by atoms with Crippen molar-refractivity contribution in [3.63, 3.8) is 0 Å². The predicted octanol–water partition coefficient (Wildman–Crippen LogP) is 2.20. The summed E-state index contributed by atoms with van der Waals surface area (Å²) in [5, 5.41) is 7.99. The summed E-state index contributed by atoms with van der Waals surface area (Å²) in [6, 6.07) is 0. The summed E-state index contributed by atoms with van der Waals surface area (Å²) in [7, 11) is 3.84. The third-order valence-electron chi connectivity index (χ3n) is 1.10. The van der Waals surface area contributed by atoms with Gasteiger partial charge in [0.1, 0.15) is 4.32 Å². The highest BCUT2D eigenvalue weighted by atomic mass is 32.2. The first kappa shape index (κ1) is 11.2. The van der Waals surface area contributed by atoms with Gasteiger partial charge in [-0.2, -0.15) is 0 Å². The lowest BCUT2D eigenvalue weighted by atomic mass is 11.0. The van der Waals surface area contributed by atoms with Crippen molar-refractivity contribution < 1.29 is 0 Å². The second kappa shape index (κ2) is 5.14. The summed E-state index contributed by atoms with van der Waals surface area (Å²) in [6.07, 6.45) is 1.99. The molecule has 1 rings (SSSR count). The average molecular weight is 251 g/mol. The van der Waals surface area contributed by atoms with Crippen molar-refractivity contribution in [1.29, 1.82) is 0 Å². The Balaban J connectivity index is 2.59. The summed E-state index contributed by atoms with van der Waals surface area (Å²) in [5.41, 5.74) is 0. The summed E-state index contributed by atoms with van der Waals surface area (Å²) < 4.78 is 2.69. The summed E-state index contributed by atoms with van der Waals surface area (Å²) in [5.74, 6) is 0. The smallest absolute Gasteiger partial charge is 0.182 e. The van der Waals surface area contributed by atoms with Crippen LogP contribution in [0.25, 0.3) is 0 Å². The van der Waals surface area contributed by atoms with Gasteiger partial charge in [0.2, 0.25) is 0 Å². The van der Waals surface area contributed by atoms with Crippen LogP contribution in [0, 0.1) is 0 Å². The molecule has 3 nitrogen and oxygen atoms in total. The standard InChI is InChI=1S/C6H9N3S4/c1-9(2)6(10)13-5-8-7-4(11-3)12-5/h1-3H3. The number of thiocarbonyl (C=S) groups is 1. The van der Waals surface area contributed by atoms with E-state index in [1.165, 1.54) is 11.8 Å². The van der Waals surface area contributed by atoms with Crippen LogP contribution in [-0.4, -0.2) is 39.8 Å². The third-order valence-corrected chi connectivity index (χ3v) is 4.71. The molecule has 0 bridgehead atoms. The minimum atomic E-state index is 0.809. The number of hydrogen-bond acceptors (Lipinski definition) is 6. The largest absolute Gasteiger partial charge is 0.363 e. The molecule has 0 aliphatic carbocycles. The minimum Gasteiger partial charge on any atom is -0.363 e. The second-order valence-electron chi connectivity index (χ2n) is 2.30. The highest BCUT2D eigenvalue weighted by Gasteiger charge is 2.07. The molecule has 13 heavy (non-hydrogen) atoms. The van der Waals surface area contributed by atoms with Crippen molar-refractivity contribution in [2.45, 2.75) is 8.68 Å². The molecule has 0 amide bonds. The Kier molecular flexibility index (Phi) is 4.43. The second-order valence-corrected chi connectivity index (χ2v) is 6.21. The maximum Gasteiger partial charge on any atom is 0.182 e. The van der Waals surface area contributed by atoms with E-state index in [4.69, 9.17) is 12.2 Å². The van der Waals surface area contributed by atoms with Crippen LogP contribution in [0.4, 0.5) is 0 Å². The van der Waals surface area contributed by atoms with Gasteiger partial charge in [0, 0.05) is 14.1 Å². The van der Waals surface area contributed by atoms with E-state index in [-0.39, 0.29) is 0 Å². The molecule has 0 unspecified atom stereocenters. The summed E-state index contributed by atoms with van der Waals surface area (Å²) in [4.78, 5) is 1.89. The van der Waals surface area contributed by atoms with Crippen molar-refractivity contribution in [1.82, 2.24) is 15.1 Å². The molecule has 0 fully saturated rings. The fourth-order valence-electron chi connectivity index (χ4n) is 0.487. The van der Waals surface area contributed by atoms with Crippen molar-refractivity contribution in [3.05, 3.63) is 0 Å². The molecule has 0 saturated carbocycles. The molecule has 1 heterocycles. The fraction of sp³-hybridized carbons (Fsp3) is 0.500. The Morgan fingerprint density at radius 2 is 2.00 bits per heavy atom. The predicted molar refractivity (Wildman–Crippen MR) is 63.8 cm³/mol. The first-order valence-electron chi connectivity index (χ1n) is 3.40. The van der Waals surface area contributed by atoms with Gasteiger partial charge >= 0.3 is 0 Å². The zero-order chi connectivity index (χ0) is 9.84. The van der Waals surface area contributed by atoms with E-state index in [2.05, 4.69) is 10.2 Å². The molecular weight excluding hydrogens is 242 g/mol. The first-order chi connectivity index (χ1) is 6.13. The summed E-state index contributed by atoms with van der Waals surface area (Å²) >= 11 is 9.77. The van der Waals surface area contributed by atoms with Gasteiger partial charge in [0.05, 0.1) is 0 Å². The monoisotopic (exact) mass is 251 g/mol. The quantitative estimate of drug-likeness (QED) is 0.591. The normalized spacial score (nSPS) is 10.1. The van der Waals surface area contributed by atoms with Crippen molar-refractivity contribution >= 4 is 51.4 Å². The van der Waals surface area contributed by atoms with Gasteiger partial charge in [-0.05, 0) is 18.0 Å². The molecule has 1 aromatic heterocycles. The topological polar surface area (TPSA) is 29.0 Å². The van der Waals surface area contributed by atoms with E-state index >= 15 is 0 Å². The Bertz CT molecular complexity index is 296. The van der Waals surface area contributed by atoms with Gasteiger partial charge in [0.15, 0.2) is 8.68 Å². The SMILES string of the molecule is CSc1nnc(SC(=S)N(C)C)s1. The van der Waals surface area contributed by atoms with Crippen LogP contribution in [0.5, 0.6) is 0 Å². The van der Waals surface area contributed by atoms with Crippen LogP contribution in [-0.2, 0) is 0 Å². The molecular formula is C6H9N3S4. The molecule has 0 spiro atoms. The van der Waals surface area contributed by atoms with Gasteiger partial charge in [-0.3, -0.25) is 0 Å². The van der Waals surface area contributed by atoms with Crippen LogP contribution in [0.15, 0.2) is 8.68 Å². The number of thioether (sulfide) groups is 2. The van der Waals surface area contributed by atoms with E-state index in [0.717, 1.165) is 13.0 Å². The lowest BCUT2D eigenvalue weighted by Gasteiger charge is -2.09. The lowest BCUT2D eigenvalue weighted by Crippen LogP contribution is -2.15. The maximum absolute atomic E-state index is 5.13. The van der Waals surface area contributed by atoms with Gasteiger partial charge in [-0.15, -0.1) is 10.2 Å². The lowest BCUT2D eigenvalue weighted by molar-refractivity contribution is 0.648. The Hall–Kier alpha value is 0.150. The molecule has 0 N–H and O–H groups in total. The van der Waals surface area contributed by atoms with Gasteiger partial charge in [-0.25, -0.2) is 0 Å². The van der Waals surface area contributed by atoms with Crippen molar-refractivity contribution in [2.75, 3.05) is 20.4 Å². The molecule has 0 radical (unpaired) electrons. The van der Waals surface area contributed by atoms with Crippen LogP contribution < -0.4 is 0 Å². The molecule has 0 aliphatic rings.